The Morgan fingerprint density at radius 2 is 1.59 bits per heavy atom. The van der Waals surface area contributed by atoms with Crippen molar-refractivity contribution in [2.75, 3.05) is 37.9 Å². The fourth-order valence-electron chi connectivity index (χ4n) is 2.77. The first-order valence-electron chi connectivity index (χ1n) is 9.31. The van der Waals surface area contributed by atoms with Gasteiger partial charge in [-0.2, -0.15) is 0 Å². The van der Waals surface area contributed by atoms with Crippen molar-refractivity contribution in [3.05, 3.63) is 53.1 Å². The van der Waals surface area contributed by atoms with Gasteiger partial charge in [-0.3, -0.25) is 14.5 Å². The van der Waals surface area contributed by atoms with E-state index in [-0.39, 0.29) is 30.3 Å². The molecule has 0 spiro atoms. The van der Waals surface area contributed by atoms with Gasteiger partial charge >= 0.3 is 0 Å². The molecule has 29 heavy (non-hydrogen) atoms. The fourth-order valence-corrected chi connectivity index (χ4v) is 2.94. The van der Waals surface area contributed by atoms with Crippen molar-refractivity contribution >= 4 is 34.8 Å². The average molecular weight is 418 g/mol. The summed E-state index contributed by atoms with van der Waals surface area (Å²) in [4.78, 5) is 26.2. The van der Waals surface area contributed by atoms with Crippen LogP contribution in [-0.2, 0) is 15.0 Å². The van der Waals surface area contributed by atoms with Gasteiger partial charge in [0.05, 0.1) is 25.9 Å². The third-order valence-corrected chi connectivity index (χ3v) is 4.53. The summed E-state index contributed by atoms with van der Waals surface area (Å²) in [6.45, 7) is 6.55. The van der Waals surface area contributed by atoms with E-state index in [0.717, 1.165) is 5.69 Å². The maximum absolute atomic E-state index is 12.3. The zero-order valence-electron chi connectivity index (χ0n) is 17.5. The Morgan fingerprint density at radius 3 is 2.14 bits per heavy atom. The van der Waals surface area contributed by atoms with Crippen LogP contribution in [0.15, 0.2) is 42.5 Å². The molecule has 2 aromatic carbocycles. The van der Waals surface area contributed by atoms with E-state index in [9.17, 15) is 9.59 Å². The van der Waals surface area contributed by atoms with Crippen LogP contribution in [-0.4, -0.2) is 44.0 Å². The van der Waals surface area contributed by atoms with Gasteiger partial charge in [-0.25, -0.2) is 0 Å². The van der Waals surface area contributed by atoms with Crippen LogP contribution in [0.5, 0.6) is 5.75 Å². The van der Waals surface area contributed by atoms with Crippen LogP contribution in [0.25, 0.3) is 0 Å². The second-order valence-corrected chi connectivity index (χ2v) is 8.38. The molecule has 2 N–H and O–H groups in total. The first-order valence-corrected chi connectivity index (χ1v) is 9.68. The molecule has 0 saturated heterocycles. The zero-order chi connectivity index (χ0) is 21.6. The minimum atomic E-state index is -0.268. The van der Waals surface area contributed by atoms with Crippen molar-refractivity contribution in [1.29, 1.82) is 0 Å². The van der Waals surface area contributed by atoms with Gasteiger partial charge in [0.1, 0.15) is 5.75 Å². The Bertz CT molecular complexity index is 861. The molecule has 0 fully saturated rings. The lowest BCUT2D eigenvalue weighted by atomic mass is 9.87. The first-order chi connectivity index (χ1) is 13.6. The number of amides is 2. The molecule has 0 radical (unpaired) electrons. The minimum absolute atomic E-state index is 0.0477. The number of rotatable bonds is 7. The molecule has 0 aromatic heterocycles. The van der Waals surface area contributed by atoms with Gasteiger partial charge in [-0.05, 0) is 48.4 Å². The van der Waals surface area contributed by atoms with Crippen LogP contribution in [0.2, 0.25) is 5.02 Å². The van der Waals surface area contributed by atoms with Gasteiger partial charge < -0.3 is 15.4 Å². The summed E-state index contributed by atoms with van der Waals surface area (Å²) in [5.74, 6) is 0.0568. The molecule has 2 aromatic rings. The summed E-state index contributed by atoms with van der Waals surface area (Å²) in [6, 6.07) is 12.8. The highest BCUT2D eigenvalue weighted by atomic mass is 35.5. The zero-order valence-corrected chi connectivity index (χ0v) is 18.3. The summed E-state index contributed by atoms with van der Waals surface area (Å²) in [5, 5.41) is 6.10. The number of hydrogen-bond acceptors (Lipinski definition) is 4. The summed E-state index contributed by atoms with van der Waals surface area (Å²) in [6.07, 6.45) is 0. The monoisotopic (exact) mass is 417 g/mol. The molecule has 2 rings (SSSR count). The van der Waals surface area contributed by atoms with Crippen LogP contribution < -0.4 is 15.4 Å². The van der Waals surface area contributed by atoms with E-state index in [2.05, 4.69) is 31.4 Å². The third kappa shape index (κ3) is 7.07. The molecule has 0 aliphatic heterocycles. The average Bonchev–Trinajstić information content (AvgIpc) is 2.61. The first kappa shape index (κ1) is 22.7. The number of methoxy groups -OCH3 is 1. The molecule has 0 heterocycles. The second-order valence-electron chi connectivity index (χ2n) is 7.94. The molecule has 0 saturated carbocycles. The molecule has 156 valence electrons. The van der Waals surface area contributed by atoms with E-state index in [1.54, 1.807) is 30.1 Å². The smallest absolute Gasteiger partial charge is 0.238 e. The Balaban J connectivity index is 1.87. The summed E-state index contributed by atoms with van der Waals surface area (Å²) < 4.78 is 5.22. The number of carbonyl (C=O) groups excluding carboxylic acids is 2. The van der Waals surface area contributed by atoms with Gasteiger partial charge in [0, 0.05) is 10.7 Å². The Labute approximate surface area is 177 Å². The lowest BCUT2D eigenvalue weighted by Crippen LogP contribution is -2.36. The number of nitrogens with one attached hydrogen (secondary N) is 2. The molecule has 0 aliphatic rings. The minimum Gasteiger partial charge on any atom is -0.495 e. The van der Waals surface area contributed by atoms with Crippen molar-refractivity contribution in [1.82, 2.24) is 4.90 Å². The van der Waals surface area contributed by atoms with Gasteiger partial charge in [0.15, 0.2) is 0 Å². The van der Waals surface area contributed by atoms with Crippen LogP contribution in [0.1, 0.15) is 26.3 Å². The van der Waals surface area contributed by atoms with E-state index in [0.29, 0.717) is 16.5 Å². The van der Waals surface area contributed by atoms with Gasteiger partial charge in [0.25, 0.3) is 0 Å². The molecule has 0 aliphatic carbocycles. The van der Waals surface area contributed by atoms with Crippen molar-refractivity contribution in [2.24, 2.45) is 0 Å². The van der Waals surface area contributed by atoms with E-state index in [4.69, 9.17) is 16.3 Å². The number of benzene rings is 2. The SMILES string of the molecule is COc1ccc(Cl)cc1NC(=O)CN(C)CC(=O)Nc1ccc(C(C)(C)C)cc1. The number of ether oxygens (including phenoxy) is 1. The number of carbonyl (C=O) groups is 2. The largest absolute Gasteiger partial charge is 0.495 e. The van der Waals surface area contributed by atoms with Gasteiger partial charge in [-0.1, -0.05) is 44.5 Å². The molecule has 0 atom stereocenters. The predicted molar refractivity (Wildman–Crippen MR) is 118 cm³/mol. The summed E-state index contributed by atoms with van der Waals surface area (Å²) in [5.41, 5.74) is 2.47. The topological polar surface area (TPSA) is 70.7 Å². The highest BCUT2D eigenvalue weighted by molar-refractivity contribution is 6.31. The predicted octanol–water partition coefficient (Wildman–Crippen LogP) is 4.16. The van der Waals surface area contributed by atoms with Gasteiger partial charge in [0.2, 0.25) is 11.8 Å². The van der Waals surface area contributed by atoms with Crippen LogP contribution in [0, 0.1) is 0 Å². The quantitative estimate of drug-likeness (QED) is 0.709. The molecular weight excluding hydrogens is 390 g/mol. The fraction of sp³-hybridized carbons (Fsp3) is 0.364. The molecule has 0 unspecified atom stereocenters. The van der Waals surface area contributed by atoms with E-state index in [1.807, 2.05) is 24.3 Å². The van der Waals surface area contributed by atoms with Gasteiger partial charge in [-0.15, -0.1) is 0 Å². The van der Waals surface area contributed by atoms with E-state index < -0.39 is 0 Å². The van der Waals surface area contributed by atoms with Crippen LogP contribution in [0.4, 0.5) is 11.4 Å². The second kappa shape index (κ2) is 9.76. The van der Waals surface area contributed by atoms with Crippen molar-refractivity contribution in [2.45, 2.75) is 26.2 Å². The number of halogens is 1. The number of anilines is 2. The van der Waals surface area contributed by atoms with Crippen molar-refractivity contribution in [3.63, 3.8) is 0 Å². The molecular formula is C22H28ClN3O3. The standard InChI is InChI=1S/C22H28ClN3O3/c1-22(2,3)15-6-9-17(10-7-15)24-20(27)13-26(4)14-21(28)25-18-12-16(23)8-11-19(18)29-5/h6-12H,13-14H2,1-5H3,(H,24,27)(H,25,28). The number of hydrogen-bond donors (Lipinski definition) is 2. The maximum atomic E-state index is 12.3. The number of nitrogens with zero attached hydrogens (tertiary/aromatic N) is 1. The lowest BCUT2D eigenvalue weighted by molar-refractivity contribution is -0.119. The van der Waals surface area contributed by atoms with Crippen LogP contribution in [0.3, 0.4) is 0 Å². The highest BCUT2D eigenvalue weighted by Crippen LogP contribution is 2.27. The lowest BCUT2D eigenvalue weighted by Gasteiger charge is -2.19. The molecule has 0 bridgehead atoms. The Hall–Kier alpha value is -2.57. The van der Waals surface area contributed by atoms with Crippen molar-refractivity contribution in [3.8, 4) is 5.75 Å². The van der Waals surface area contributed by atoms with E-state index >= 15 is 0 Å². The van der Waals surface area contributed by atoms with E-state index in [1.165, 1.54) is 12.7 Å². The summed E-state index contributed by atoms with van der Waals surface area (Å²) in [7, 11) is 3.22. The normalized spacial score (nSPS) is 11.3. The Morgan fingerprint density at radius 1 is 1.00 bits per heavy atom. The number of likely N-dealkylation sites (N-methyl/N-ethyl adjacent to an activating group) is 1. The molecule has 6 nitrogen and oxygen atoms in total. The highest BCUT2D eigenvalue weighted by Gasteiger charge is 2.15. The third-order valence-electron chi connectivity index (χ3n) is 4.30. The summed E-state index contributed by atoms with van der Waals surface area (Å²) >= 11 is 5.97. The maximum Gasteiger partial charge on any atom is 0.238 e. The van der Waals surface area contributed by atoms with Crippen molar-refractivity contribution < 1.29 is 14.3 Å². The Kier molecular flexibility index (Phi) is 7.65. The van der Waals surface area contributed by atoms with Crippen LogP contribution >= 0.6 is 11.6 Å². The molecule has 7 heteroatoms. The molecule has 2 amide bonds.